The minimum atomic E-state index is -1.17. The zero-order valence-corrected chi connectivity index (χ0v) is 9.17. The van der Waals surface area contributed by atoms with Crippen LogP contribution in [0.15, 0.2) is 18.2 Å². The number of nitro benzene ring substituents is 2. The molecule has 0 saturated heterocycles. The molecule has 0 radical (unpaired) electrons. The summed E-state index contributed by atoms with van der Waals surface area (Å²) in [5, 5.41) is 31.3. The van der Waals surface area contributed by atoms with E-state index in [1.165, 1.54) is 0 Å². The maximum absolute atomic E-state index is 11.0. The number of rotatable bonds is 2. The molecule has 0 atom stereocenters. The Labute approximate surface area is 99.9 Å². The molecule has 0 N–H and O–H groups in total. The Morgan fingerprint density at radius 1 is 1.00 bits per heavy atom. The van der Waals surface area contributed by atoms with Crippen molar-refractivity contribution in [3.63, 3.8) is 0 Å². The molecule has 0 aromatic heterocycles. The van der Waals surface area contributed by atoms with Gasteiger partial charge >= 0.3 is 29.6 Å². The molecule has 0 bridgehead atoms. The maximum atomic E-state index is 11.0. The van der Waals surface area contributed by atoms with Crippen LogP contribution < -0.4 is 34.7 Å². The first-order chi connectivity index (χ1) is 6.04. The molecular weight excluding hydrogens is 203 g/mol. The van der Waals surface area contributed by atoms with Gasteiger partial charge in [-0.25, -0.2) is 0 Å². The van der Waals surface area contributed by atoms with Crippen molar-refractivity contribution < 1.29 is 44.5 Å². The van der Waals surface area contributed by atoms with Gasteiger partial charge < -0.3 is 5.11 Å². The van der Waals surface area contributed by atoms with Crippen LogP contribution in [-0.2, 0) is 0 Å². The summed E-state index contributed by atoms with van der Waals surface area (Å²) in [4.78, 5) is 18.5. The minimum absolute atomic E-state index is 0. The van der Waals surface area contributed by atoms with Crippen LogP contribution in [0.1, 0.15) is 0 Å². The van der Waals surface area contributed by atoms with Crippen LogP contribution >= 0.6 is 0 Å². The third kappa shape index (κ3) is 2.41. The van der Waals surface area contributed by atoms with E-state index in [4.69, 9.17) is 0 Å². The van der Waals surface area contributed by atoms with Crippen LogP contribution in [0.4, 0.5) is 11.4 Å². The van der Waals surface area contributed by atoms with Crippen molar-refractivity contribution in [2.24, 2.45) is 0 Å². The Hall–Kier alpha value is -1.18. The van der Waals surface area contributed by atoms with E-state index in [0.29, 0.717) is 0 Å². The Morgan fingerprint density at radius 2 is 1.36 bits per heavy atom. The Morgan fingerprint density at radius 3 is 1.64 bits per heavy atom. The average molecular weight is 206 g/mol. The van der Waals surface area contributed by atoms with E-state index in [1.807, 2.05) is 0 Å². The molecule has 0 spiro atoms. The first-order valence-corrected chi connectivity index (χ1v) is 3.13. The Bertz CT molecular complexity index is 348. The third-order valence-corrected chi connectivity index (χ3v) is 1.37. The predicted octanol–water partition coefficient (Wildman–Crippen LogP) is -2.42. The minimum Gasteiger partial charge on any atom is -0.863 e. The van der Waals surface area contributed by atoms with Crippen LogP contribution in [0, 0.1) is 20.2 Å². The smallest absolute Gasteiger partial charge is 0.863 e. The summed E-state index contributed by atoms with van der Waals surface area (Å²) in [6.07, 6.45) is 0. The molecule has 1 aromatic carbocycles. The maximum Gasteiger partial charge on any atom is 1.00 e. The van der Waals surface area contributed by atoms with Gasteiger partial charge in [-0.05, 0) is 6.07 Å². The summed E-state index contributed by atoms with van der Waals surface area (Å²) in [5.74, 6) is -1.17. The van der Waals surface area contributed by atoms with E-state index in [1.54, 1.807) is 0 Å². The Kier molecular flexibility index (Phi) is 4.48. The van der Waals surface area contributed by atoms with Gasteiger partial charge in [-0.1, -0.05) is 0 Å². The Balaban J connectivity index is 0.00000169. The molecule has 7 nitrogen and oxygen atoms in total. The van der Waals surface area contributed by atoms with Crippen LogP contribution in [0.3, 0.4) is 0 Å². The molecule has 68 valence electrons. The van der Waals surface area contributed by atoms with Gasteiger partial charge in [0.15, 0.2) is 0 Å². The van der Waals surface area contributed by atoms with Gasteiger partial charge in [-0.2, -0.15) is 0 Å². The van der Waals surface area contributed by atoms with Gasteiger partial charge in [-0.3, -0.25) is 20.2 Å². The monoisotopic (exact) mass is 206 g/mol. The fourth-order valence-electron chi connectivity index (χ4n) is 0.801. The van der Waals surface area contributed by atoms with E-state index >= 15 is 0 Å². The first-order valence-electron chi connectivity index (χ1n) is 3.13. The molecule has 0 unspecified atom stereocenters. The van der Waals surface area contributed by atoms with Gasteiger partial charge in [-0.15, -0.1) is 0 Å². The fourth-order valence-corrected chi connectivity index (χ4v) is 0.801. The van der Waals surface area contributed by atoms with Gasteiger partial charge in [0.05, 0.1) is 15.6 Å². The molecule has 0 aliphatic heterocycles. The molecular formula is C6H3N2NaO5. The SMILES string of the molecule is O=[N+]([O-])c1cccc([N+](=O)[O-])c1[O-].[Na+]. The third-order valence-electron chi connectivity index (χ3n) is 1.37. The standard InChI is InChI=1S/C6H4N2O5.Na/c9-6-4(7(10)11)2-1-3-5(6)8(12)13;/h1-3,9H;/q;+1/p-1. The van der Waals surface area contributed by atoms with Crippen molar-refractivity contribution in [3.05, 3.63) is 38.4 Å². The predicted molar refractivity (Wildman–Crippen MR) is 39.2 cm³/mol. The second-order valence-electron chi connectivity index (χ2n) is 2.14. The summed E-state index contributed by atoms with van der Waals surface area (Å²) in [5.41, 5.74) is -1.57. The van der Waals surface area contributed by atoms with Crippen molar-refractivity contribution in [2.75, 3.05) is 0 Å². The molecule has 0 aliphatic rings. The second-order valence-corrected chi connectivity index (χ2v) is 2.14. The molecule has 14 heavy (non-hydrogen) atoms. The quantitative estimate of drug-likeness (QED) is 0.304. The van der Waals surface area contributed by atoms with E-state index in [9.17, 15) is 25.3 Å². The van der Waals surface area contributed by atoms with Crippen molar-refractivity contribution in [2.45, 2.75) is 0 Å². The van der Waals surface area contributed by atoms with Crippen LogP contribution in [0.5, 0.6) is 5.75 Å². The average Bonchev–Trinajstić information content (AvgIpc) is 2.03. The number of benzene rings is 1. The molecule has 0 amide bonds. The van der Waals surface area contributed by atoms with Gasteiger partial charge in [0.25, 0.3) is 11.4 Å². The number of hydrogen-bond donors (Lipinski definition) is 0. The zero-order valence-electron chi connectivity index (χ0n) is 7.17. The number of hydrogen-bond acceptors (Lipinski definition) is 5. The van der Waals surface area contributed by atoms with Crippen LogP contribution in [0.2, 0.25) is 0 Å². The van der Waals surface area contributed by atoms with Gasteiger partial charge in [0.1, 0.15) is 0 Å². The molecule has 0 heterocycles. The van der Waals surface area contributed by atoms with Crippen molar-refractivity contribution in [1.82, 2.24) is 0 Å². The summed E-state index contributed by atoms with van der Waals surface area (Å²) >= 11 is 0. The number of nitrogens with zero attached hydrogens (tertiary/aromatic N) is 2. The number of para-hydroxylation sites is 1. The zero-order chi connectivity index (χ0) is 10.0. The molecule has 0 saturated carbocycles. The van der Waals surface area contributed by atoms with Crippen LogP contribution in [-0.4, -0.2) is 9.85 Å². The topological polar surface area (TPSA) is 109 Å². The second kappa shape index (κ2) is 4.89. The van der Waals surface area contributed by atoms with Crippen molar-refractivity contribution in [3.8, 4) is 5.75 Å². The fraction of sp³-hybridized carbons (Fsp3) is 0. The summed E-state index contributed by atoms with van der Waals surface area (Å²) in [6.45, 7) is 0. The van der Waals surface area contributed by atoms with Crippen molar-refractivity contribution >= 4 is 11.4 Å². The molecule has 0 aliphatic carbocycles. The van der Waals surface area contributed by atoms with E-state index < -0.39 is 27.0 Å². The summed E-state index contributed by atoms with van der Waals surface area (Å²) in [7, 11) is 0. The van der Waals surface area contributed by atoms with E-state index in [-0.39, 0.29) is 29.6 Å². The van der Waals surface area contributed by atoms with Crippen LogP contribution in [0.25, 0.3) is 0 Å². The largest absolute Gasteiger partial charge is 1.00 e. The molecule has 1 aromatic rings. The normalized spacial score (nSPS) is 8.86. The number of nitro groups is 2. The first kappa shape index (κ1) is 12.8. The van der Waals surface area contributed by atoms with Crippen molar-refractivity contribution in [1.29, 1.82) is 0 Å². The van der Waals surface area contributed by atoms with E-state index in [2.05, 4.69) is 0 Å². The summed E-state index contributed by atoms with van der Waals surface area (Å²) < 4.78 is 0. The van der Waals surface area contributed by atoms with E-state index in [0.717, 1.165) is 18.2 Å². The molecule has 8 heteroatoms. The molecule has 1 rings (SSSR count). The van der Waals surface area contributed by atoms with Gasteiger partial charge in [0, 0.05) is 12.1 Å². The molecule has 0 fully saturated rings. The van der Waals surface area contributed by atoms with Gasteiger partial charge in [0.2, 0.25) is 0 Å². The summed E-state index contributed by atoms with van der Waals surface area (Å²) in [6, 6.07) is 2.95.